The molecule has 1 N–H and O–H groups in total. The summed E-state index contributed by atoms with van der Waals surface area (Å²) in [6.07, 6.45) is -2.81. The van der Waals surface area contributed by atoms with E-state index in [1.807, 2.05) is 31.1 Å². The lowest BCUT2D eigenvalue weighted by atomic mass is 9.72. The van der Waals surface area contributed by atoms with E-state index >= 15 is 0 Å². The molecule has 1 aliphatic carbocycles. The third-order valence-electron chi connectivity index (χ3n) is 7.29. The van der Waals surface area contributed by atoms with Gasteiger partial charge >= 0.3 is 23.9 Å². The highest BCUT2D eigenvalue weighted by Gasteiger charge is 2.55. The quantitative estimate of drug-likeness (QED) is 0.320. The molecule has 0 spiro atoms. The molecule has 1 aromatic carbocycles. The maximum atomic E-state index is 12.6. The highest BCUT2D eigenvalue weighted by atomic mass is 16.7. The average molecular weight is 580 g/mol. The Kier molecular flexibility index (Phi) is 11.1. The Morgan fingerprint density at radius 3 is 1.95 bits per heavy atom. The molecule has 1 aliphatic heterocycles. The van der Waals surface area contributed by atoms with E-state index < -0.39 is 60.2 Å². The Bertz CT molecular complexity index is 1070. The maximum absolute atomic E-state index is 12.6. The van der Waals surface area contributed by atoms with E-state index in [4.69, 9.17) is 28.4 Å². The van der Waals surface area contributed by atoms with Crippen LogP contribution in [0.1, 0.15) is 64.4 Å². The third-order valence-corrected chi connectivity index (χ3v) is 7.29. The monoisotopic (exact) mass is 579 g/mol. The molecule has 12 nitrogen and oxygen atoms in total. The largest absolute Gasteiger partial charge is 0.467 e. The van der Waals surface area contributed by atoms with Crippen LogP contribution in [0.25, 0.3) is 0 Å². The summed E-state index contributed by atoms with van der Waals surface area (Å²) in [5.41, 5.74) is 0.103. The van der Waals surface area contributed by atoms with Gasteiger partial charge in [-0.05, 0) is 44.6 Å². The van der Waals surface area contributed by atoms with Gasteiger partial charge in [-0.25, -0.2) is 4.79 Å². The van der Waals surface area contributed by atoms with Crippen molar-refractivity contribution in [3.8, 4) is 5.75 Å². The molecule has 0 radical (unpaired) electrons. The van der Waals surface area contributed by atoms with Crippen molar-refractivity contribution in [1.82, 2.24) is 4.90 Å². The average Bonchev–Trinajstić information content (AvgIpc) is 2.90. The highest BCUT2D eigenvalue weighted by Crippen LogP contribution is 2.41. The molecule has 2 fully saturated rings. The van der Waals surface area contributed by atoms with Gasteiger partial charge < -0.3 is 38.4 Å². The first-order valence-corrected chi connectivity index (χ1v) is 13.7. The Balaban J connectivity index is 1.94. The van der Waals surface area contributed by atoms with Gasteiger partial charge in [-0.15, -0.1) is 0 Å². The topological polar surface area (TPSA) is 147 Å². The number of nitrogens with zero attached hydrogens (tertiary/aromatic N) is 1. The third kappa shape index (κ3) is 8.40. The van der Waals surface area contributed by atoms with Gasteiger partial charge in [-0.3, -0.25) is 14.4 Å². The van der Waals surface area contributed by atoms with Crippen LogP contribution in [0.2, 0.25) is 0 Å². The molecule has 41 heavy (non-hydrogen) atoms. The molecule has 3 rings (SSSR count). The van der Waals surface area contributed by atoms with Gasteiger partial charge in [0.05, 0.1) is 12.7 Å². The number of hydrogen-bond acceptors (Lipinski definition) is 12. The molecular weight excluding hydrogens is 538 g/mol. The van der Waals surface area contributed by atoms with Crippen LogP contribution in [0, 0.1) is 0 Å². The van der Waals surface area contributed by atoms with Crippen LogP contribution in [0.3, 0.4) is 0 Å². The molecule has 1 saturated carbocycles. The first kappa shape index (κ1) is 32.3. The molecule has 0 unspecified atom stereocenters. The first-order valence-electron chi connectivity index (χ1n) is 13.7. The number of likely N-dealkylation sites (N-methyl/N-ethyl adjacent to an activating group) is 1. The summed E-state index contributed by atoms with van der Waals surface area (Å²) in [6, 6.07) is 7.07. The molecule has 0 bridgehead atoms. The Hall–Kier alpha value is -3.22. The summed E-state index contributed by atoms with van der Waals surface area (Å²) >= 11 is 0. The maximum Gasteiger partial charge on any atom is 0.339 e. The second-order valence-electron chi connectivity index (χ2n) is 10.8. The molecule has 228 valence electrons. The van der Waals surface area contributed by atoms with Crippen LogP contribution in [0.4, 0.5) is 0 Å². The fourth-order valence-electron chi connectivity index (χ4n) is 5.55. The number of esters is 4. The summed E-state index contributed by atoms with van der Waals surface area (Å²) in [4.78, 5) is 50.6. The van der Waals surface area contributed by atoms with Gasteiger partial charge in [0.15, 0.2) is 18.3 Å². The molecule has 12 heteroatoms. The van der Waals surface area contributed by atoms with Crippen molar-refractivity contribution in [2.24, 2.45) is 0 Å². The number of methoxy groups -OCH3 is 1. The van der Waals surface area contributed by atoms with Crippen molar-refractivity contribution in [3.63, 3.8) is 0 Å². The van der Waals surface area contributed by atoms with E-state index in [2.05, 4.69) is 0 Å². The number of carbonyl (C=O) groups excluding carboxylic acids is 4. The Morgan fingerprint density at radius 1 is 0.902 bits per heavy atom. The second-order valence-corrected chi connectivity index (χ2v) is 10.8. The van der Waals surface area contributed by atoms with Crippen molar-refractivity contribution in [1.29, 1.82) is 0 Å². The standard InChI is InChI=1S/C29H41NO11/c1-17(31)37-23-24(38-18(2)32)26(39-19(3)33)28(41-25(23)27(34)36-6)40-21-12-10-20(11-13-21)22(16-30(4)5)29(35)14-8-7-9-15-29/h10-13,22-26,28,35H,7-9,14-16H2,1-6H3/t22-,23+,24+,25+,26-,28-/m1/s1. The molecule has 0 amide bonds. The number of aliphatic hydroxyl groups is 1. The Morgan fingerprint density at radius 2 is 1.44 bits per heavy atom. The van der Waals surface area contributed by atoms with Crippen LogP contribution in [0.15, 0.2) is 24.3 Å². The molecule has 1 saturated heterocycles. The van der Waals surface area contributed by atoms with Crippen LogP contribution >= 0.6 is 0 Å². The zero-order valence-corrected chi connectivity index (χ0v) is 24.5. The SMILES string of the molecule is COC(=O)[C@H]1O[C@@H](Oc2ccc([C@@H](CN(C)C)C3(O)CCCCC3)cc2)[C@H](OC(C)=O)[C@@H](OC(C)=O)[C@@H]1OC(C)=O. The van der Waals surface area contributed by atoms with E-state index in [9.17, 15) is 24.3 Å². The minimum atomic E-state index is -1.55. The van der Waals surface area contributed by atoms with Gasteiger partial charge in [0.25, 0.3) is 0 Å². The summed E-state index contributed by atoms with van der Waals surface area (Å²) in [5.74, 6) is -3.05. The van der Waals surface area contributed by atoms with Crippen molar-refractivity contribution in [2.45, 2.75) is 95.1 Å². The molecule has 2 aliphatic rings. The number of hydrogen-bond donors (Lipinski definition) is 1. The van der Waals surface area contributed by atoms with Crippen LogP contribution < -0.4 is 4.74 Å². The molecule has 1 aromatic rings. The predicted octanol–water partition coefficient (Wildman–Crippen LogP) is 2.10. The van der Waals surface area contributed by atoms with E-state index in [1.54, 1.807) is 12.1 Å². The van der Waals surface area contributed by atoms with E-state index in [-0.39, 0.29) is 5.92 Å². The van der Waals surface area contributed by atoms with Gasteiger partial charge in [0.1, 0.15) is 5.75 Å². The van der Waals surface area contributed by atoms with Crippen LogP contribution in [-0.2, 0) is 42.9 Å². The van der Waals surface area contributed by atoms with Crippen molar-refractivity contribution in [3.05, 3.63) is 29.8 Å². The zero-order valence-electron chi connectivity index (χ0n) is 24.5. The molecule has 1 heterocycles. The summed E-state index contributed by atoms with van der Waals surface area (Å²) in [5, 5.41) is 11.5. The lowest BCUT2D eigenvalue weighted by Gasteiger charge is -2.43. The number of rotatable bonds is 10. The predicted molar refractivity (Wildman–Crippen MR) is 144 cm³/mol. The summed E-state index contributed by atoms with van der Waals surface area (Å²) in [7, 11) is 5.05. The minimum absolute atomic E-state index is 0.131. The zero-order chi connectivity index (χ0) is 30.3. The molecule has 0 aromatic heterocycles. The smallest absolute Gasteiger partial charge is 0.339 e. The van der Waals surface area contributed by atoms with Gasteiger partial charge in [-0.1, -0.05) is 31.4 Å². The molecular formula is C29H41NO11. The van der Waals surface area contributed by atoms with Gasteiger partial charge in [0, 0.05) is 33.2 Å². The van der Waals surface area contributed by atoms with E-state index in [1.165, 1.54) is 0 Å². The lowest BCUT2D eigenvalue weighted by Crippen LogP contribution is -2.64. The van der Waals surface area contributed by atoms with Crippen LogP contribution in [-0.4, -0.2) is 97.9 Å². The van der Waals surface area contributed by atoms with Gasteiger partial charge in [-0.2, -0.15) is 0 Å². The summed E-state index contributed by atoms with van der Waals surface area (Å²) < 4.78 is 32.8. The highest BCUT2D eigenvalue weighted by molar-refractivity contribution is 5.77. The van der Waals surface area contributed by atoms with Crippen molar-refractivity contribution >= 4 is 23.9 Å². The number of carbonyl (C=O) groups is 4. The second kappa shape index (κ2) is 14.1. The fourth-order valence-corrected chi connectivity index (χ4v) is 5.55. The fraction of sp³-hybridized carbons (Fsp3) is 0.655. The Labute approximate surface area is 240 Å². The number of ether oxygens (including phenoxy) is 6. The first-order chi connectivity index (χ1) is 19.3. The van der Waals surface area contributed by atoms with Crippen molar-refractivity contribution < 1.29 is 52.7 Å². The lowest BCUT2D eigenvalue weighted by molar-refractivity contribution is -0.282. The summed E-state index contributed by atoms with van der Waals surface area (Å²) in [6.45, 7) is 4.03. The van der Waals surface area contributed by atoms with Crippen LogP contribution in [0.5, 0.6) is 5.75 Å². The number of benzene rings is 1. The van der Waals surface area contributed by atoms with E-state index in [0.29, 0.717) is 12.3 Å². The minimum Gasteiger partial charge on any atom is -0.467 e. The van der Waals surface area contributed by atoms with Crippen molar-refractivity contribution in [2.75, 3.05) is 27.7 Å². The van der Waals surface area contributed by atoms with Gasteiger partial charge in [0.2, 0.25) is 12.4 Å². The normalized spacial score (nSPS) is 26.4. The molecule has 6 atom stereocenters. The van der Waals surface area contributed by atoms with E-state index in [0.717, 1.165) is 65.5 Å².